The van der Waals surface area contributed by atoms with Gasteiger partial charge in [-0.25, -0.2) is 0 Å². The minimum Gasteiger partial charge on any atom is -0.548 e. The number of carbonyl (C=O) groups excluding carboxylic acids is 1. The summed E-state index contributed by atoms with van der Waals surface area (Å²) in [7, 11) is 0. The quantitative estimate of drug-likeness (QED) is 0.756. The monoisotopic (exact) mass is 265 g/mol. The molecule has 0 aliphatic heterocycles. The summed E-state index contributed by atoms with van der Waals surface area (Å²) < 4.78 is 0. The highest BCUT2D eigenvalue weighted by Gasteiger charge is 2.15. The van der Waals surface area contributed by atoms with Crippen molar-refractivity contribution in [3.63, 3.8) is 0 Å². The van der Waals surface area contributed by atoms with Crippen molar-refractivity contribution in [3.8, 4) is 0 Å². The van der Waals surface area contributed by atoms with E-state index in [9.17, 15) is 9.90 Å². The molecule has 0 bridgehead atoms. The summed E-state index contributed by atoms with van der Waals surface area (Å²) in [6, 6.07) is 8.96. The summed E-state index contributed by atoms with van der Waals surface area (Å²) in [6.07, 6.45) is 0. The van der Waals surface area contributed by atoms with Gasteiger partial charge in [-0.2, -0.15) is 0 Å². The molecule has 4 nitrogen and oxygen atoms in total. The van der Waals surface area contributed by atoms with E-state index in [2.05, 4.69) is 10.6 Å². The molecule has 0 unspecified atom stereocenters. The van der Waals surface area contributed by atoms with Gasteiger partial charge in [-0.05, 0) is 23.7 Å². The Labute approximate surface area is 112 Å². The minimum atomic E-state index is -1.14. The first-order valence-corrected chi connectivity index (χ1v) is 6.20. The topological polar surface area (TPSA) is 64.2 Å². The highest BCUT2D eigenvalue weighted by Crippen LogP contribution is 2.01. The Kier molecular flexibility index (Phi) is 5.58. The zero-order valence-corrected chi connectivity index (χ0v) is 11.3. The Morgan fingerprint density at radius 1 is 1.33 bits per heavy atom. The van der Waals surface area contributed by atoms with Gasteiger partial charge >= 0.3 is 0 Å². The maximum Gasteiger partial charge on any atom is 0.167 e. The van der Waals surface area contributed by atoms with Crippen LogP contribution >= 0.6 is 12.2 Å². The fraction of sp³-hybridized carbons (Fsp3) is 0.385. The van der Waals surface area contributed by atoms with Crippen LogP contribution in [0.25, 0.3) is 0 Å². The number of carbonyl (C=O) groups is 1. The van der Waals surface area contributed by atoms with Crippen LogP contribution in [0.15, 0.2) is 30.3 Å². The predicted molar refractivity (Wildman–Crippen MR) is 72.6 cm³/mol. The van der Waals surface area contributed by atoms with Gasteiger partial charge in [0.25, 0.3) is 0 Å². The number of nitrogens with one attached hydrogen (secondary N) is 2. The molecule has 0 saturated carbocycles. The zero-order valence-electron chi connectivity index (χ0n) is 10.5. The molecule has 1 aromatic carbocycles. The van der Waals surface area contributed by atoms with Gasteiger partial charge < -0.3 is 20.5 Å². The van der Waals surface area contributed by atoms with E-state index in [0.717, 1.165) is 5.56 Å². The second-order valence-corrected chi connectivity index (χ2v) is 4.76. The summed E-state index contributed by atoms with van der Waals surface area (Å²) in [5.41, 5.74) is 1.08. The Morgan fingerprint density at radius 2 is 1.94 bits per heavy atom. The molecule has 1 rings (SSSR count). The minimum absolute atomic E-state index is 0.0912. The molecule has 2 N–H and O–H groups in total. The third-order valence-corrected chi connectivity index (χ3v) is 2.77. The van der Waals surface area contributed by atoms with E-state index < -0.39 is 12.0 Å². The lowest BCUT2D eigenvalue weighted by molar-refractivity contribution is -0.309. The first kappa shape index (κ1) is 14.4. The fourth-order valence-corrected chi connectivity index (χ4v) is 1.67. The molecule has 18 heavy (non-hydrogen) atoms. The van der Waals surface area contributed by atoms with E-state index in [1.54, 1.807) is 13.8 Å². The number of rotatable bonds is 5. The van der Waals surface area contributed by atoms with Crippen LogP contribution in [0.2, 0.25) is 0 Å². The molecule has 0 aromatic heterocycles. The number of hydrogen-bond donors (Lipinski definition) is 2. The van der Waals surface area contributed by atoms with Crippen molar-refractivity contribution in [1.82, 2.24) is 10.6 Å². The Balaban J connectivity index is 2.44. The van der Waals surface area contributed by atoms with Gasteiger partial charge in [0.05, 0.1) is 12.0 Å². The van der Waals surface area contributed by atoms with Crippen molar-refractivity contribution in [3.05, 3.63) is 35.9 Å². The van der Waals surface area contributed by atoms with Crippen molar-refractivity contribution in [2.45, 2.75) is 26.4 Å². The summed E-state index contributed by atoms with van der Waals surface area (Å²) in [5.74, 6) is -1.24. The van der Waals surface area contributed by atoms with Crippen LogP contribution in [0.5, 0.6) is 0 Å². The third-order valence-electron chi connectivity index (χ3n) is 2.50. The number of thiocarbonyl (C=S) groups is 1. The first-order valence-electron chi connectivity index (χ1n) is 5.80. The molecule has 0 amide bonds. The smallest absolute Gasteiger partial charge is 0.167 e. The van der Waals surface area contributed by atoms with E-state index in [4.69, 9.17) is 12.2 Å². The van der Waals surface area contributed by atoms with Crippen molar-refractivity contribution >= 4 is 23.3 Å². The Bertz CT molecular complexity index is 407. The van der Waals surface area contributed by atoms with Gasteiger partial charge in [0.2, 0.25) is 0 Å². The number of carboxylic acids is 1. The van der Waals surface area contributed by atoms with Gasteiger partial charge in [0.1, 0.15) is 0 Å². The van der Waals surface area contributed by atoms with E-state index in [0.29, 0.717) is 11.7 Å². The lowest BCUT2D eigenvalue weighted by Gasteiger charge is -2.24. The van der Waals surface area contributed by atoms with Crippen molar-refractivity contribution in [1.29, 1.82) is 0 Å². The first-order chi connectivity index (χ1) is 8.50. The highest BCUT2D eigenvalue weighted by atomic mass is 32.1. The maximum absolute atomic E-state index is 10.9. The number of hydrogen-bond acceptors (Lipinski definition) is 3. The Hall–Kier alpha value is -1.62. The van der Waals surface area contributed by atoms with Crippen LogP contribution in [0.1, 0.15) is 19.4 Å². The van der Waals surface area contributed by atoms with Gasteiger partial charge in [-0.1, -0.05) is 44.2 Å². The van der Waals surface area contributed by atoms with E-state index in [-0.39, 0.29) is 5.92 Å². The Morgan fingerprint density at radius 3 is 2.44 bits per heavy atom. The largest absolute Gasteiger partial charge is 0.548 e. The SMILES string of the molecule is CC(C)[C@@H](NC(=S)NCc1ccccc1)C(=O)[O-]. The lowest BCUT2D eigenvalue weighted by Crippen LogP contribution is -2.53. The third kappa shape index (κ3) is 4.71. The van der Waals surface area contributed by atoms with Crippen LogP contribution in [-0.4, -0.2) is 17.1 Å². The van der Waals surface area contributed by atoms with Crippen LogP contribution in [-0.2, 0) is 11.3 Å². The van der Waals surface area contributed by atoms with Gasteiger partial charge in [-0.3, -0.25) is 0 Å². The standard InChI is InChI=1S/C13H18N2O2S/c1-9(2)11(12(16)17)15-13(18)14-8-10-6-4-3-5-7-10/h3-7,9,11H,8H2,1-2H3,(H,16,17)(H2,14,15,18)/p-1/t11-/m1/s1. The normalized spacial score (nSPS) is 11.9. The molecule has 1 aromatic rings. The van der Waals surface area contributed by atoms with Crippen LogP contribution < -0.4 is 15.7 Å². The zero-order chi connectivity index (χ0) is 13.5. The average Bonchev–Trinajstić information content (AvgIpc) is 2.34. The number of carboxylic acid groups (broad SMARTS) is 1. The molecule has 0 saturated heterocycles. The van der Waals surface area contributed by atoms with Crippen LogP contribution in [0.3, 0.4) is 0 Å². The van der Waals surface area contributed by atoms with E-state index in [1.165, 1.54) is 0 Å². The summed E-state index contributed by atoms with van der Waals surface area (Å²) >= 11 is 5.05. The van der Waals surface area contributed by atoms with Gasteiger partial charge in [0, 0.05) is 6.54 Å². The van der Waals surface area contributed by atoms with Crippen molar-refractivity contribution < 1.29 is 9.90 Å². The number of benzene rings is 1. The van der Waals surface area contributed by atoms with Crippen LogP contribution in [0, 0.1) is 5.92 Å². The summed E-state index contributed by atoms with van der Waals surface area (Å²) in [5, 5.41) is 16.9. The molecule has 0 spiro atoms. The van der Waals surface area contributed by atoms with E-state index in [1.807, 2.05) is 30.3 Å². The lowest BCUT2D eigenvalue weighted by atomic mass is 10.1. The summed E-state index contributed by atoms with van der Waals surface area (Å²) in [6.45, 7) is 4.16. The summed E-state index contributed by atoms with van der Waals surface area (Å²) in [4.78, 5) is 10.9. The average molecular weight is 265 g/mol. The molecular weight excluding hydrogens is 248 g/mol. The van der Waals surface area contributed by atoms with Crippen molar-refractivity contribution in [2.75, 3.05) is 0 Å². The molecular formula is C13H17N2O2S-. The van der Waals surface area contributed by atoms with Gasteiger partial charge in [0.15, 0.2) is 5.11 Å². The molecule has 98 valence electrons. The molecule has 0 fully saturated rings. The highest BCUT2D eigenvalue weighted by molar-refractivity contribution is 7.80. The van der Waals surface area contributed by atoms with E-state index >= 15 is 0 Å². The molecule has 5 heteroatoms. The molecule has 1 atom stereocenters. The predicted octanol–water partition coefficient (Wildman–Crippen LogP) is 0.425. The maximum atomic E-state index is 10.9. The second-order valence-electron chi connectivity index (χ2n) is 4.35. The number of aliphatic carboxylic acids is 1. The fourth-order valence-electron chi connectivity index (χ4n) is 1.47. The second kappa shape index (κ2) is 6.96. The van der Waals surface area contributed by atoms with Crippen LogP contribution in [0.4, 0.5) is 0 Å². The molecule has 0 aliphatic rings. The molecule has 0 radical (unpaired) electrons. The molecule has 0 aliphatic carbocycles. The van der Waals surface area contributed by atoms with Crippen molar-refractivity contribution in [2.24, 2.45) is 5.92 Å². The van der Waals surface area contributed by atoms with Gasteiger partial charge in [-0.15, -0.1) is 0 Å². The molecule has 0 heterocycles.